The highest BCUT2D eigenvalue weighted by atomic mass is 19.4. The molecule has 174 valence electrons. The minimum atomic E-state index is -4.40. The first-order valence-corrected chi connectivity index (χ1v) is 11.3. The van der Waals surface area contributed by atoms with E-state index in [0.717, 1.165) is 54.5 Å². The predicted octanol–water partition coefficient (Wildman–Crippen LogP) is 6.41. The molecule has 1 aliphatic rings. The van der Waals surface area contributed by atoms with Gasteiger partial charge in [-0.2, -0.15) is 13.2 Å². The van der Waals surface area contributed by atoms with Crippen LogP contribution < -0.4 is 10.6 Å². The molecule has 4 rings (SSSR count). The largest absolute Gasteiger partial charge is 0.416 e. The topological polar surface area (TPSA) is 54.0 Å². The van der Waals surface area contributed by atoms with Gasteiger partial charge in [-0.3, -0.25) is 4.79 Å². The lowest BCUT2D eigenvalue weighted by Crippen LogP contribution is -2.37. The molecule has 0 saturated heterocycles. The predicted molar refractivity (Wildman–Crippen MR) is 124 cm³/mol. The Morgan fingerprint density at radius 2 is 1.76 bits per heavy atom. The van der Waals surface area contributed by atoms with Gasteiger partial charge in [0.15, 0.2) is 0 Å². The van der Waals surface area contributed by atoms with Gasteiger partial charge in [-0.15, -0.1) is 0 Å². The summed E-state index contributed by atoms with van der Waals surface area (Å²) in [5.74, 6) is 0.609. The number of rotatable bonds is 5. The highest BCUT2D eigenvalue weighted by molar-refractivity contribution is 5.83. The Balaban J connectivity index is 1.32. The summed E-state index contributed by atoms with van der Waals surface area (Å²) in [6.45, 7) is 3.79. The van der Waals surface area contributed by atoms with Gasteiger partial charge in [0.1, 0.15) is 5.82 Å². The second-order valence-corrected chi connectivity index (χ2v) is 8.89. The van der Waals surface area contributed by atoms with Crippen molar-refractivity contribution >= 4 is 22.6 Å². The van der Waals surface area contributed by atoms with E-state index in [4.69, 9.17) is 4.98 Å². The van der Waals surface area contributed by atoms with E-state index in [1.54, 1.807) is 13.0 Å². The van der Waals surface area contributed by atoms with Crippen LogP contribution in [0, 0.1) is 12.8 Å². The second-order valence-electron chi connectivity index (χ2n) is 8.89. The van der Waals surface area contributed by atoms with Gasteiger partial charge in [0.05, 0.1) is 17.1 Å². The molecule has 0 bridgehead atoms. The third-order valence-electron chi connectivity index (χ3n) is 6.45. The summed E-state index contributed by atoms with van der Waals surface area (Å²) >= 11 is 0. The minimum absolute atomic E-state index is 0.0990. The number of hydrogen-bond donors (Lipinski definition) is 2. The third-order valence-corrected chi connectivity index (χ3v) is 6.45. The molecule has 1 aromatic heterocycles. The fraction of sp³-hybridized carbons (Fsp3) is 0.385. The van der Waals surface area contributed by atoms with Crippen LogP contribution in [-0.2, 0) is 11.0 Å². The number of carbonyl (C=O) groups is 1. The summed E-state index contributed by atoms with van der Waals surface area (Å²) in [5, 5.41) is 7.55. The van der Waals surface area contributed by atoms with Gasteiger partial charge >= 0.3 is 6.18 Å². The normalized spacial score (nSPS) is 19.8. The maximum absolute atomic E-state index is 13.0. The molecule has 1 amide bonds. The molecule has 1 atom stereocenters. The number of nitrogens with one attached hydrogen (secondary N) is 2. The monoisotopic (exact) mass is 455 g/mol. The first kappa shape index (κ1) is 23.1. The number of halogens is 3. The van der Waals surface area contributed by atoms with Crippen molar-refractivity contribution in [3.63, 3.8) is 0 Å². The SMILES string of the molecule is Cc1cc(NC2CCC(C(=O)N[C@H](C)c3cccc(C(F)(F)F)c3)CC2)nc2ccccc12. The molecule has 2 aromatic carbocycles. The van der Waals surface area contributed by atoms with Crippen molar-refractivity contribution in [3.05, 3.63) is 71.3 Å². The molecule has 0 radical (unpaired) electrons. The van der Waals surface area contributed by atoms with Crippen LogP contribution in [0.2, 0.25) is 0 Å². The van der Waals surface area contributed by atoms with E-state index in [-0.39, 0.29) is 17.9 Å². The number of amides is 1. The molecule has 1 heterocycles. The average Bonchev–Trinajstić information content (AvgIpc) is 2.79. The van der Waals surface area contributed by atoms with E-state index in [2.05, 4.69) is 29.7 Å². The highest BCUT2D eigenvalue weighted by Crippen LogP contribution is 2.32. The van der Waals surface area contributed by atoms with Crippen molar-refractivity contribution in [3.8, 4) is 0 Å². The molecule has 3 aromatic rings. The maximum atomic E-state index is 13.0. The van der Waals surface area contributed by atoms with Crippen molar-refractivity contribution in [1.29, 1.82) is 0 Å². The number of para-hydroxylation sites is 1. The zero-order valence-electron chi connectivity index (χ0n) is 18.7. The van der Waals surface area contributed by atoms with Gasteiger partial charge in [-0.25, -0.2) is 4.98 Å². The van der Waals surface area contributed by atoms with Crippen LogP contribution >= 0.6 is 0 Å². The van der Waals surface area contributed by atoms with Gasteiger partial charge in [-0.1, -0.05) is 30.3 Å². The summed E-state index contributed by atoms with van der Waals surface area (Å²) in [7, 11) is 0. The van der Waals surface area contributed by atoms with Gasteiger partial charge in [0.2, 0.25) is 5.91 Å². The Bertz CT molecular complexity index is 1140. The number of carbonyl (C=O) groups excluding carboxylic acids is 1. The molecule has 2 N–H and O–H groups in total. The fourth-order valence-corrected chi connectivity index (χ4v) is 4.53. The Kier molecular flexibility index (Phi) is 6.58. The first-order chi connectivity index (χ1) is 15.7. The molecule has 7 heteroatoms. The average molecular weight is 456 g/mol. The smallest absolute Gasteiger partial charge is 0.367 e. The van der Waals surface area contributed by atoms with Gasteiger partial charge in [0, 0.05) is 17.3 Å². The van der Waals surface area contributed by atoms with E-state index in [1.165, 1.54) is 11.6 Å². The van der Waals surface area contributed by atoms with Crippen LogP contribution in [0.1, 0.15) is 55.3 Å². The minimum Gasteiger partial charge on any atom is -0.367 e. The zero-order valence-corrected chi connectivity index (χ0v) is 18.7. The molecule has 1 aliphatic carbocycles. The van der Waals surface area contributed by atoms with Gasteiger partial charge < -0.3 is 10.6 Å². The molecular formula is C26H28F3N3O. The number of benzene rings is 2. The van der Waals surface area contributed by atoms with Crippen molar-refractivity contribution in [2.75, 3.05) is 5.32 Å². The maximum Gasteiger partial charge on any atom is 0.416 e. The summed E-state index contributed by atoms with van der Waals surface area (Å²) in [5.41, 5.74) is 1.87. The zero-order chi connectivity index (χ0) is 23.6. The lowest BCUT2D eigenvalue weighted by atomic mass is 9.85. The third kappa shape index (κ3) is 5.46. The summed E-state index contributed by atoms with van der Waals surface area (Å²) in [6.07, 6.45) is -1.27. The number of nitrogens with zero attached hydrogens (tertiary/aromatic N) is 1. The standard InChI is InChI=1S/C26H28F3N3O/c1-16-14-24(32-23-9-4-3-8-22(16)23)31-21-12-10-18(11-13-21)25(33)30-17(2)19-6-5-7-20(15-19)26(27,28)29/h3-9,14-15,17-18,21H,10-13H2,1-2H3,(H,30,33)(H,31,32)/t17-,18?,21?/m1/s1. The van der Waals surface area contributed by atoms with Gasteiger partial charge in [-0.05, 0) is 74.9 Å². The van der Waals surface area contributed by atoms with E-state index in [1.807, 2.05) is 18.2 Å². The Morgan fingerprint density at radius 3 is 2.48 bits per heavy atom. The van der Waals surface area contributed by atoms with Gasteiger partial charge in [0.25, 0.3) is 0 Å². The van der Waals surface area contributed by atoms with Crippen LogP contribution in [0.25, 0.3) is 10.9 Å². The van der Waals surface area contributed by atoms with Crippen molar-refractivity contribution in [2.24, 2.45) is 5.92 Å². The molecule has 0 spiro atoms. The molecule has 0 aliphatic heterocycles. The van der Waals surface area contributed by atoms with Crippen LogP contribution in [0.4, 0.5) is 19.0 Å². The van der Waals surface area contributed by atoms with E-state index >= 15 is 0 Å². The molecular weight excluding hydrogens is 427 g/mol. The molecule has 1 saturated carbocycles. The van der Waals surface area contributed by atoms with Crippen LogP contribution in [-0.4, -0.2) is 16.9 Å². The Labute approximate surface area is 191 Å². The number of anilines is 1. The van der Waals surface area contributed by atoms with Crippen molar-refractivity contribution in [1.82, 2.24) is 10.3 Å². The van der Waals surface area contributed by atoms with E-state index < -0.39 is 17.8 Å². The number of pyridine rings is 1. The number of aryl methyl sites for hydroxylation is 1. The first-order valence-electron chi connectivity index (χ1n) is 11.3. The number of hydrogen-bond acceptors (Lipinski definition) is 3. The summed E-state index contributed by atoms with van der Waals surface area (Å²) in [4.78, 5) is 17.5. The van der Waals surface area contributed by atoms with E-state index in [0.29, 0.717) is 5.56 Å². The van der Waals surface area contributed by atoms with Crippen LogP contribution in [0.3, 0.4) is 0 Å². The Hall–Kier alpha value is -3.09. The highest BCUT2D eigenvalue weighted by Gasteiger charge is 2.31. The molecule has 33 heavy (non-hydrogen) atoms. The Morgan fingerprint density at radius 1 is 1.03 bits per heavy atom. The number of aromatic nitrogens is 1. The van der Waals surface area contributed by atoms with Crippen LogP contribution in [0.15, 0.2) is 54.6 Å². The lowest BCUT2D eigenvalue weighted by molar-refractivity contribution is -0.137. The van der Waals surface area contributed by atoms with Crippen molar-refractivity contribution < 1.29 is 18.0 Å². The molecule has 4 nitrogen and oxygen atoms in total. The summed E-state index contributed by atoms with van der Waals surface area (Å²) < 4.78 is 38.9. The van der Waals surface area contributed by atoms with Crippen molar-refractivity contribution in [2.45, 2.75) is 57.8 Å². The van der Waals surface area contributed by atoms with Crippen LogP contribution in [0.5, 0.6) is 0 Å². The number of alkyl halides is 3. The fourth-order valence-electron chi connectivity index (χ4n) is 4.53. The summed E-state index contributed by atoms with van der Waals surface area (Å²) in [6, 6.07) is 15.0. The quantitative estimate of drug-likeness (QED) is 0.467. The number of fused-ring (bicyclic) bond motifs is 1. The second kappa shape index (κ2) is 9.41. The van der Waals surface area contributed by atoms with E-state index in [9.17, 15) is 18.0 Å². The lowest BCUT2D eigenvalue weighted by Gasteiger charge is -2.30. The molecule has 1 fully saturated rings. The molecule has 0 unspecified atom stereocenters.